The summed E-state index contributed by atoms with van der Waals surface area (Å²) in [4.78, 5) is 0. The molecule has 0 spiro atoms. The van der Waals surface area contributed by atoms with Gasteiger partial charge in [0.25, 0.3) is 0 Å². The summed E-state index contributed by atoms with van der Waals surface area (Å²) in [5.74, 6) is 0. The van der Waals surface area contributed by atoms with Crippen LogP contribution in [0.3, 0.4) is 0 Å². The second-order valence-corrected chi connectivity index (χ2v) is 6.84. The van der Waals surface area contributed by atoms with Gasteiger partial charge in [0.05, 0.1) is 0 Å². The summed E-state index contributed by atoms with van der Waals surface area (Å²) in [5.41, 5.74) is 0. The molecule has 1 N–H and O–H groups in total. The Labute approximate surface area is 135 Å². The average molecular weight is 412 g/mol. The molecule has 0 aliphatic rings. The molecule has 0 fully saturated rings. The second-order valence-electron chi connectivity index (χ2n) is 4.07. The molecule has 0 rings (SSSR count). The van der Waals surface area contributed by atoms with Crippen LogP contribution in [0.15, 0.2) is 59.3 Å². The molecule has 120 valence electrons. The number of hydrogen-bond acceptors (Lipinski definition) is 1. The number of unbranched alkanes of at least 4 members (excludes halogenated alkanes) is 1. The van der Waals surface area contributed by atoms with Gasteiger partial charge in [0, 0.05) is 0 Å². The zero-order chi connectivity index (χ0) is 16.1. The molecule has 0 aromatic rings. The van der Waals surface area contributed by atoms with Crippen LogP contribution in [0.5, 0.6) is 0 Å². The molecule has 0 heterocycles. The Balaban J connectivity index is 4.46. The van der Waals surface area contributed by atoms with Crippen LogP contribution in [0.4, 0.5) is 13.2 Å². The van der Waals surface area contributed by atoms with Crippen molar-refractivity contribution in [3.8, 4) is 0 Å². The van der Waals surface area contributed by atoms with E-state index in [0.717, 1.165) is 3.58 Å². The van der Waals surface area contributed by atoms with Crippen molar-refractivity contribution in [1.29, 1.82) is 0 Å². The number of allylic oxidation sites excluding steroid dienone is 7. The summed E-state index contributed by atoms with van der Waals surface area (Å²) in [6.07, 6.45) is 8.76. The Morgan fingerprint density at radius 3 is 2.52 bits per heavy atom. The van der Waals surface area contributed by atoms with Gasteiger partial charge in [-0.15, -0.1) is 0 Å². The van der Waals surface area contributed by atoms with Crippen molar-refractivity contribution in [3.05, 3.63) is 59.3 Å². The van der Waals surface area contributed by atoms with Gasteiger partial charge in [-0.3, -0.25) is 0 Å². The van der Waals surface area contributed by atoms with Crippen molar-refractivity contribution in [2.24, 2.45) is 0 Å². The molecular weight excluding hydrogens is 390 g/mol. The van der Waals surface area contributed by atoms with Crippen LogP contribution in [0, 0.1) is 0 Å². The Kier molecular flexibility index (Phi) is 11.3. The van der Waals surface area contributed by atoms with E-state index in [1.54, 1.807) is 18.2 Å². The van der Waals surface area contributed by atoms with Crippen molar-refractivity contribution >= 4 is 0 Å². The standard InChI is InChI=1S/C16H22F3IN/c1-4-7-9-10-12-15(16(17,18)19)21-13-20-14(6-3)11-8-5-2/h4-6,8,10-12,15,21H,1,3,7,9,13H2,2H3/q-1/b8-5+,12-10+,14-11+. The molecule has 1 nitrogen and oxygen atoms in total. The van der Waals surface area contributed by atoms with E-state index in [0.29, 0.717) is 17.4 Å². The van der Waals surface area contributed by atoms with Crippen LogP contribution in [-0.2, 0) is 0 Å². The van der Waals surface area contributed by atoms with Crippen molar-refractivity contribution in [2.45, 2.75) is 32.0 Å². The van der Waals surface area contributed by atoms with Gasteiger partial charge < -0.3 is 0 Å². The average Bonchev–Trinajstić information content (AvgIpc) is 2.43. The third-order valence-electron chi connectivity index (χ3n) is 2.38. The van der Waals surface area contributed by atoms with Crippen molar-refractivity contribution in [2.75, 3.05) is 4.55 Å². The van der Waals surface area contributed by atoms with Gasteiger partial charge >= 0.3 is 135 Å². The minimum atomic E-state index is -4.27. The Hall–Kier alpha value is -0.820. The first kappa shape index (κ1) is 20.2. The van der Waals surface area contributed by atoms with Crippen LogP contribution in [-0.4, -0.2) is 16.8 Å². The van der Waals surface area contributed by atoms with Crippen molar-refractivity contribution < 1.29 is 34.4 Å². The predicted molar refractivity (Wildman–Crippen MR) is 79.5 cm³/mol. The van der Waals surface area contributed by atoms with Gasteiger partial charge in [0.1, 0.15) is 0 Å². The Morgan fingerprint density at radius 2 is 2.00 bits per heavy atom. The third-order valence-corrected chi connectivity index (χ3v) is 4.88. The first-order chi connectivity index (χ1) is 9.95. The van der Waals surface area contributed by atoms with Crippen LogP contribution in [0.2, 0.25) is 0 Å². The molecular formula is C16H22F3IN-. The topological polar surface area (TPSA) is 12.0 Å². The van der Waals surface area contributed by atoms with E-state index in [2.05, 4.69) is 18.5 Å². The van der Waals surface area contributed by atoms with Gasteiger partial charge in [0.15, 0.2) is 0 Å². The van der Waals surface area contributed by atoms with Crippen LogP contribution in [0.25, 0.3) is 0 Å². The van der Waals surface area contributed by atoms with Crippen LogP contribution in [0.1, 0.15) is 19.8 Å². The molecule has 0 aliphatic heterocycles. The molecule has 1 unspecified atom stereocenters. The Morgan fingerprint density at radius 1 is 1.29 bits per heavy atom. The van der Waals surface area contributed by atoms with E-state index in [-0.39, 0.29) is 0 Å². The molecule has 0 bridgehead atoms. The van der Waals surface area contributed by atoms with E-state index >= 15 is 0 Å². The van der Waals surface area contributed by atoms with E-state index in [1.807, 2.05) is 25.2 Å². The number of hydrogen-bond donors (Lipinski definition) is 1. The monoisotopic (exact) mass is 412 g/mol. The van der Waals surface area contributed by atoms with Gasteiger partial charge in [-0.25, -0.2) is 0 Å². The van der Waals surface area contributed by atoms with Gasteiger partial charge in [-0.1, -0.05) is 0 Å². The van der Waals surface area contributed by atoms with Crippen LogP contribution < -0.4 is 26.5 Å². The molecule has 0 radical (unpaired) electrons. The summed E-state index contributed by atoms with van der Waals surface area (Å²) in [6.45, 7) is 9.11. The zero-order valence-electron chi connectivity index (χ0n) is 12.2. The van der Waals surface area contributed by atoms with Gasteiger partial charge in [-0.2, -0.15) is 0 Å². The minimum absolute atomic E-state index is 0.351. The summed E-state index contributed by atoms with van der Waals surface area (Å²) in [6, 6.07) is -1.59. The fourth-order valence-electron chi connectivity index (χ4n) is 1.29. The molecule has 0 aromatic heterocycles. The zero-order valence-corrected chi connectivity index (χ0v) is 14.3. The van der Waals surface area contributed by atoms with E-state index in [9.17, 15) is 13.2 Å². The number of rotatable bonds is 10. The normalized spacial score (nSPS) is 15.0. The maximum absolute atomic E-state index is 12.9. The fraction of sp³-hybridized carbons (Fsp3) is 0.375. The van der Waals surface area contributed by atoms with E-state index in [4.69, 9.17) is 0 Å². The quantitative estimate of drug-likeness (QED) is 0.144. The van der Waals surface area contributed by atoms with E-state index in [1.165, 1.54) is 6.08 Å². The molecule has 0 amide bonds. The summed E-state index contributed by atoms with van der Waals surface area (Å²) >= 11 is -0.528. The SMILES string of the molecule is C=CCC/C=C/C(NC[I-]/C(C=C)=C/C=C/C)C(F)(F)F. The first-order valence-corrected chi connectivity index (χ1v) is 9.18. The molecule has 0 saturated carbocycles. The first-order valence-electron chi connectivity index (χ1n) is 6.58. The predicted octanol–water partition coefficient (Wildman–Crippen LogP) is 1.72. The molecule has 0 saturated heterocycles. The summed E-state index contributed by atoms with van der Waals surface area (Å²) < 4.78 is 40.0. The van der Waals surface area contributed by atoms with Crippen LogP contribution >= 0.6 is 0 Å². The second kappa shape index (κ2) is 11.8. The van der Waals surface area contributed by atoms with Crippen molar-refractivity contribution in [3.63, 3.8) is 0 Å². The Bertz CT molecular complexity index is 395. The number of halogens is 4. The van der Waals surface area contributed by atoms with E-state index < -0.39 is 33.4 Å². The number of nitrogens with one attached hydrogen (secondary N) is 1. The maximum atomic E-state index is 12.9. The van der Waals surface area contributed by atoms with Gasteiger partial charge in [-0.05, 0) is 0 Å². The molecule has 0 aliphatic carbocycles. The van der Waals surface area contributed by atoms with Crippen molar-refractivity contribution in [1.82, 2.24) is 5.32 Å². The fourth-order valence-corrected chi connectivity index (χ4v) is 3.20. The molecule has 21 heavy (non-hydrogen) atoms. The molecule has 5 heteroatoms. The van der Waals surface area contributed by atoms with Gasteiger partial charge in [0.2, 0.25) is 0 Å². The number of alkyl halides is 4. The summed E-state index contributed by atoms with van der Waals surface area (Å²) in [5, 5.41) is 2.58. The molecule has 1 atom stereocenters. The molecule has 0 aromatic carbocycles. The third kappa shape index (κ3) is 10.5. The summed E-state index contributed by atoms with van der Waals surface area (Å²) in [7, 11) is 0.